The smallest absolute Gasteiger partial charge is 0.220 e. The maximum Gasteiger partial charge on any atom is 0.220 e. The van der Waals surface area contributed by atoms with Crippen LogP contribution in [-0.2, 0) is 10.2 Å². The van der Waals surface area contributed by atoms with Gasteiger partial charge < -0.3 is 15.3 Å². The van der Waals surface area contributed by atoms with Gasteiger partial charge in [0.05, 0.1) is 6.10 Å². The first-order valence-corrected chi connectivity index (χ1v) is 12.8. The molecule has 170 valence electrons. The summed E-state index contributed by atoms with van der Waals surface area (Å²) >= 11 is 0. The molecule has 1 amide bonds. The van der Waals surface area contributed by atoms with Crippen molar-refractivity contribution in [2.24, 2.45) is 23.7 Å². The molecule has 5 aliphatic rings. The van der Waals surface area contributed by atoms with Gasteiger partial charge in [0.1, 0.15) is 0 Å². The number of hydrogen-bond acceptors (Lipinski definition) is 3. The van der Waals surface area contributed by atoms with Gasteiger partial charge >= 0.3 is 0 Å². The van der Waals surface area contributed by atoms with Crippen LogP contribution >= 0.6 is 0 Å². The molecule has 2 N–H and O–H groups in total. The van der Waals surface area contributed by atoms with E-state index in [-0.39, 0.29) is 17.4 Å². The van der Waals surface area contributed by atoms with Gasteiger partial charge in [-0.15, -0.1) is 0 Å². The van der Waals surface area contributed by atoms with E-state index < -0.39 is 0 Å². The number of likely N-dealkylation sites (tertiary alicyclic amines) is 1. The van der Waals surface area contributed by atoms with Gasteiger partial charge in [0.25, 0.3) is 0 Å². The van der Waals surface area contributed by atoms with Crippen LogP contribution < -0.4 is 5.32 Å². The molecule has 4 bridgehead atoms. The number of aliphatic hydroxyl groups excluding tert-OH is 1. The van der Waals surface area contributed by atoms with Crippen LogP contribution in [0.4, 0.5) is 0 Å². The standard InChI is InChI=1S/C27H40N2O2/c1-19-8-5-6-12-29(19)13-7-11-28-25(30)18-27(22-9-3-2-4-10-22)23-14-20-15-24(27)17-21(16-23)26(20)31/h2-4,9-10,19-21,23-24,26,31H,5-8,11-18H2,1H3,(H,28,30). The number of nitrogens with zero attached hydrogens (tertiary/aromatic N) is 1. The van der Waals surface area contributed by atoms with E-state index in [4.69, 9.17) is 0 Å². The number of aliphatic hydroxyl groups is 1. The summed E-state index contributed by atoms with van der Waals surface area (Å²) in [6, 6.07) is 11.5. The number of rotatable bonds is 7. The van der Waals surface area contributed by atoms with Gasteiger partial charge in [0.2, 0.25) is 5.91 Å². The monoisotopic (exact) mass is 424 g/mol. The van der Waals surface area contributed by atoms with Gasteiger partial charge in [-0.05, 0) is 87.6 Å². The summed E-state index contributed by atoms with van der Waals surface area (Å²) < 4.78 is 0. The minimum atomic E-state index is -0.104. The average Bonchev–Trinajstić information content (AvgIpc) is 2.77. The van der Waals surface area contributed by atoms with E-state index in [0.717, 1.165) is 45.2 Å². The summed E-state index contributed by atoms with van der Waals surface area (Å²) in [4.78, 5) is 15.8. The summed E-state index contributed by atoms with van der Waals surface area (Å²) in [5.41, 5.74) is 1.32. The van der Waals surface area contributed by atoms with E-state index in [1.54, 1.807) is 0 Å². The molecule has 31 heavy (non-hydrogen) atoms. The number of carbonyl (C=O) groups is 1. The topological polar surface area (TPSA) is 52.6 Å². The lowest BCUT2D eigenvalue weighted by Gasteiger charge is -2.63. The quantitative estimate of drug-likeness (QED) is 0.648. The van der Waals surface area contributed by atoms with Gasteiger partial charge in [-0.25, -0.2) is 0 Å². The summed E-state index contributed by atoms with van der Waals surface area (Å²) in [7, 11) is 0. The number of benzene rings is 1. The maximum absolute atomic E-state index is 13.2. The molecule has 1 atom stereocenters. The van der Waals surface area contributed by atoms with Crippen molar-refractivity contribution in [2.75, 3.05) is 19.6 Å². The number of nitrogens with one attached hydrogen (secondary N) is 1. The first-order valence-electron chi connectivity index (χ1n) is 12.8. The van der Waals surface area contributed by atoms with Crippen LogP contribution in [0.1, 0.15) is 70.3 Å². The molecule has 4 nitrogen and oxygen atoms in total. The molecule has 4 aliphatic carbocycles. The number of amides is 1. The van der Waals surface area contributed by atoms with Crippen LogP contribution in [0.25, 0.3) is 0 Å². The predicted octanol–water partition coefficient (Wildman–Crippen LogP) is 4.12. The molecule has 1 aromatic rings. The van der Waals surface area contributed by atoms with Crippen molar-refractivity contribution in [3.05, 3.63) is 35.9 Å². The third kappa shape index (κ3) is 3.95. The van der Waals surface area contributed by atoms with Crippen molar-refractivity contribution < 1.29 is 9.90 Å². The molecule has 5 fully saturated rings. The first-order chi connectivity index (χ1) is 15.1. The largest absolute Gasteiger partial charge is 0.393 e. The fourth-order valence-electron chi connectivity index (χ4n) is 7.90. The Morgan fingerprint density at radius 3 is 2.42 bits per heavy atom. The Labute approximate surface area is 187 Å². The molecule has 1 aliphatic heterocycles. The van der Waals surface area contributed by atoms with E-state index >= 15 is 0 Å². The average molecular weight is 425 g/mol. The van der Waals surface area contributed by atoms with Crippen LogP contribution in [0.15, 0.2) is 30.3 Å². The third-order valence-electron chi connectivity index (χ3n) is 9.42. The highest BCUT2D eigenvalue weighted by atomic mass is 16.3. The lowest BCUT2D eigenvalue weighted by molar-refractivity contribution is -0.147. The zero-order valence-corrected chi connectivity index (χ0v) is 19.1. The van der Waals surface area contributed by atoms with Crippen molar-refractivity contribution >= 4 is 5.91 Å². The fraction of sp³-hybridized carbons (Fsp3) is 0.741. The van der Waals surface area contributed by atoms with E-state index in [1.165, 1.54) is 31.4 Å². The van der Waals surface area contributed by atoms with Crippen LogP contribution in [0, 0.1) is 23.7 Å². The molecular formula is C27H40N2O2. The molecule has 0 radical (unpaired) electrons. The number of carbonyl (C=O) groups excluding carboxylic acids is 1. The number of piperidine rings is 1. The van der Waals surface area contributed by atoms with Gasteiger partial charge in [0, 0.05) is 31.0 Å². The van der Waals surface area contributed by atoms with Crippen molar-refractivity contribution in [3.8, 4) is 0 Å². The van der Waals surface area contributed by atoms with Crippen LogP contribution in [0.3, 0.4) is 0 Å². The van der Waals surface area contributed by atoms with Crippen molar-refractivity contribution in [1.82, 2.24) is 10.2 Å². The van der Waals surface area contributed by atoms with Gasteiger partial charge in [0.15, 0.2) is 0 Å². The van der Waals surface area contributed by atoms with E-state index in [9.17, 15) is 9.90 Å². The lowest BCUT2D eigenvalue weighted by Crippen LogP contribution is -2.61. The second kappa shape index (κ2) is 8.86. The normalized spacial score (nSPS) is 39.5. The summed E-state index contributed by atoms with van der Waals surface area (Å²) in [5.74, 6) is 2.19. The van der Waals surface area contributed by atoms with Crippen LogP contribution in [0.2, 0.25) is 0 Å². The first kappa shape index (κ1) is 21.5. The minimum absolute atomic E-state index is 0.0418. The Morgan fingerprint density at radius 1 is 1.10 bits per heavy atom. The van der Waals surface area contributed by atoms with Gasteiger partial charge in [-0.1, -0.05) is 36.8 Å². The zero-order valence-electron chi connectivity index (χ0n) is 19.1. The molecule has 0 aromatic heterocycles. The molecule has 1 unspecified atom stereocenters. The highest BCUT2D eigenvalue weighted by molar-refractivity contribution is 5.78. The Morgan fingerprint density at radius 2 is 1.77 bits per heavy atom. The minimum Gasteiger partial charge on any atom is -0.393 e. The maximum atomic E-state index is 13.2. The van der Waals surface area contributed by atoms with E-state index in [2.05, 4.69) is 47.5 Å². The Balaban J connectivity index is 1.24. The second-order valence-electron chi connectivity index (χ2n) is 11.0. The van der Waals surface area contributed by atoms with Crippen LogP contribution in [-0.4, -0.2) is 47.7 Å². The molecular weight excluding hydrogens is 384 g/mol. The fourth-order valence-corrected chi connectivity index (χ4v) is 7.90. The van der Waals surface area contributed by atoms with Gasteiger partial charge in [-0.3, -0.25) is 4.79 Å². The van der Waals surface area contributed by atoms with E-state index in [0.29, 0.717) is 36.1 Å². The van der Waals surface area contributed by atoms with E-state index in [1.807, 2.05) is 0 Å². The Bertz CT molecular complexity index is 734. The Hall–Kier alpha value is -1.39. The predicted molar refractivity (Wildman–Crippen MR) is 124 cm³/mol. The second-order valence-corrected chi connectivity index (χ2v) is 11.0. The molecule has 4 heteroatoms. The highest BCUT2D eigenvalue weighted by Crippen LogP contribution is 2.64. The SMILES string of the molecule is CC1CCCCN1CCCNC(=O)CC1(c2ccccc2)C2CC3CC1CC(C2)C3O. The van der Waals surface area contributed by atoms with Crippen molar-refractivity contribution in [2.45, 2.75) is 82.3 Å². The summed E-state index contributed by atoms with van der Waals surface area (Å²) in [6.07, 6.45) is 9.88. The molecule has 1 saturated heterocycles. The Kier molecular flexibility index (Phi) is 6.13. The molecule has 1 aromatic carbocycles. The summed E-state index contributed by atoms with van der Waals surface area (Å²) in [5, 5.41) is 13.9. The highest BCUT2D eigenvalue weighted by Gasteiger charge is 2.60. The number of hydrogen-bond donors (Lipinski definition) is 2. The lowest BCUT2D eigenvalue weighted by atomic mass is 9.42. The molecule has 6 rings (SSSR count). The third-order valence-corrected chi connectivity index (χ3v) is 9.42. The molecule has 4 saturated carbocycles. The van der Waals surface area contributed by atoms with Crippen molar-refractivity contribution in [3.63, 3.8) is 0 Å². The van der Waals surface area contributed by atoms with Gasteiger partial charge in [-0.2, -0.15) is 0 Å². The zero-order chi connectivity index (χ0) is 21.4. The summed E-state index contributed by atoms with van der Waals surface area (Å²) in [6.45, 7) is 5.43. The molecule has 0 spiro atoms. The van der Waals surface area contributed by atoms with Crippen molar-refractivity contribution in [1.29, 1.82) is 0 Å². The van der Waals surface area contributed by atoms with Crippen LogP contribution in [0.5, 0.6) is 0 Å². The molecule has 1 heterocycles.